The molecule has 3 atom stereocenters. The fraction of sp³-hybridized carbons (Fsp3) is 0.250. The van der Waals surface area contributed by atoms with Crippen LogP contribution in [0.3, 0.4) is 0 Å². The highest BCUT2D eigenvalue weighted by atomic mass is 32.2. The summed E-state index contributed by atoms with van der Waals surface area (Å²) in [6.45, 7) is 1.62. The van der Waals surface area contributed by atoms with Crippen molar-refractivity contribution in [3.63, 3.8) is 0 Å². The van der Waals surface area contributed by atoms with Crippen LogP contribution in [0.4, 0.5) is 0 Å². The Bertz CT molecular complexity index is 783. The van der Waals surface area contributed by atoms with E-state index in [1.165, 1.54) is 12.1 Å². The van der Waals surface area contributed by atoms with Gasteiger partial charge in [0.05, 0.1) is 15.4 Å². The predicted octanol–water partition coefficient (Wildman–Crippen LogP) is 2.77. The highest BCUT2D eigenvalue weighted by molar-refractivity contribution is 7.97. The standard InChI is InChI=1S/C16H16O4S2/c1-12(16-11-21(16)17)22(18,19)15-9-7-14(8-10-15)20-13-5-3-2-4-6-13/h2-10,12,16H,11H2,1H3/t12-,16+,21?/m0/s1. The number of hydrogen-bond donors (Lipinski definition) is 0. The minimum Gasteiger partial charge on any atom is -0.457 e. The van der Waals surface area contributed by atoms with Crippen molar-refractivity contribution in [1.82, 2.24) is 0 Å². The molecule has 116 valence electrons. The summed E-state index contributed by atoms with van der Waals surface area (Å²) in [7, 11) is -4.43. The average molecular weight is 336 g/mol. The van der Waals surface area contributed by atoms with Gasteiger partial charge in [0.25, 0.3) is 0 Å². The van der Waals surface area contributed by atoms with Gasteiger partial charge in [-0.2, -0.15) is 0 Å². The third-order valence-corrected chi connectivity index (χ3v) is 7.61. The van der Waals surface area contributed by atoms with Gasteiger partial charge in [-0.1, -0.05) is 18.2 Å². The molecule has 0 radical (unpaired) electrons. The first-order chi connectivity index (χ1) is 10.5. The molecule has 1 aliphatic rings. The third kappa shape index (κ3) is 3.08. The average Bonchev–Trinajstić information content (AvgIpc) is 3.25. The van der Waals surface area contributed by atoms with Gasteiger partial charge < -0.3 is 4.74 Å². The topological polar surface area (TPSA) is 60.4 Å². The molecule has 6 heteroatoms. The molecular weight excluding hydrogens is 320 g/mol. The molecule has 1 unspecified atom stereocenters. The van der Waals surface area contributed by atoms with Gasteiger partial charge in [0.2, 0.25) is 0 Å². The second-order valence-corrected chi connectivity index (χ2v) is 9.23. The van der Waals surface area contributed by atoms with Gasteiger partial charge in [-0.15, -0.1) is 0 Å². The Labute approximate surface area is 132 Å². The minimum absolute atomic E-state index is 0.231. The molecule has 0 saturated carbocycles. The molecule has 0 bridgehead atoms. The van der Waals surface area contributed by atoms with Crippen LogP contribution in [-0.4, -0.2) is 28.9 Å². The van der Waals surface area contributed by atoms with Crippen molar-refractivity contribution in [1.29, 1.82) is 0 Å². The molecule has 4 nitrogen and oxygen atoms in total. The maximum absolute atomic E-state index is 12.5. The molecule has 0 N–H and O–H groups in total. The van der Waals surface area contributed by atoms with E-state index in [1.54, 1.807) is 19.1 Å². The number of hydrogen-bond acceptors (Lipinski definition) is 4. The van der Waals surface area contributed by atoms with Gasteiger partial charge in [0, 0.05) is 16.6 Å². The molecule has 0 amide bonds. The lowest BCUT2D eigenvalue weighted by molar-refractivity contribution is 0.482. The molecule has 2 aromatic rings. The van der Waals surface area contributed by atoms with Crippen LogP contribution >= 0.6 is 0 Å². The molecule has 1 saturated heterocycles. The van der Waals surface area contributed by atoms with E-state index in [2.05, 4.69) is 0 Å². The second-order valence-electron chi connectivity index (χ2n) is 5.22. The Morgan fingerprint density at radius 1 is 1.05 bits per heavy atom. The van der Waals surface area contributed by atoms with Crippen LogP contribution in [-0.2, 0) is 20.6 Å². The number of sulfone groups is 1. The first-order valence-corrected chi connectivity index (χ1v) is 9.85. The zero-order valence-corrected chi connectivity index (χ0v) is 13.6. The quantitative estimate of drug-likeness (QED) is 0.788. The number of benzene rings is 2. The zero-order chi connectivity index (χ0) is 15.7. The van der Waals surface area contributed by atoms with E-state index in [4.69, 9.17) is 4.74 Å². The molecule has 2 aromatic carbocycles. The van der Waals surface area contributed by atoms with Crippen LogP contribution in [0, 0.1) is 0 Å². The first-order valence-electron chi connectivity index (χ1n) is 6.92. The Kier molecular flexibility index (Phi) is 4.06. The van der Waals surface area contributed by atoms with Crippen molar-refractivity contribution < 1.29 is 17.4 Å². The van der Waals surface area contributed by atoms with Crippen LogP contribution < -0.4 is 4.74 Å². The zero-order valence-electron chi connectivity index (χ0n) is 12.0. The summed E-state index contributed by atoms with van der Waals surface area (Å²) < 4.78 is 41.8. The Morgan fingerprint density at radius 2 is 1.59 bits per heavy atom. The summed E-state index contributed by atoms with van der Waals surface area (Å²) in [5.74, 6) is 1.75. The van der Waals surface area contributed by atoms with Gasteiger partial charge in [-0.05, 0) is 43.3 Å². The molecule has 1 fully saturated rings. The summed E-state index contributed by atoms with van der Waals surface area (Å²) >= 11 is 0. The highest BCUT2D eigenvalue weighted by Gasteiger charge is 2.44. The summed E-state index contributed by atoms with van der Waals surface area (Å²) in [6, 6.07) is 15.6. The lowest BCUT2D eigenvalue weighted by Gasteiger charge is -2.11. The normalized spacial score (nSPS) is 22.0. The number of para-hydroxylation sites is 1. The van der Waals surface area contributed by atoms with Crippen molar-refractivity contribution in [3.8, 4) is 11.5 Å². The summed E-state index contributed by atoms with van der Waals surface area (Å²) in [6.07, 6.45) is 0. The Balaban J connectivity index is 1.78. The van der Waals surface area contributed by atoms with Gasteiger partial charge in [-0.25, -0.2) is 8.42 Å². The molecule has 3 rings (SSSR count). The van der Waals surface area contributed by atoms with Crippen LogP contribution in [0.25, 0.3) is 0 Å². The van der Waals surface area contributed by atoms with E-state index in [0.717, 1.165) is 0 Å². The summed E-state index contributed by atoms with van der Waals surface area (Å²) in [5, 5.41) is -0.848. The van der Waals surface area contributed by atoms with Gasteiger partial charge in [0.15, 0.2) is 9.84 Å². The Hall–Kier alpha value is -1.66. The van der Waals surface area contributed by atoms with E-state index in [9.17, 15) is 12.6 Å². The fourth-order valence-corrected chi connectivity index (χ4v) is 5.71. The Morgan fingerprint density at radius 3 is 2.14 bits per heavy atom. The summed E-state index contributed by atoms with van der Waals surface area (Å²) in [5.41, 5.74) is 0. The van der Waals surface area contributed by atoms with Gasteiger partial charge in [0.1, 0.15) is 11.5 Å². The third-order valence-electron chi connectivity index (χ3n) is 3.69. The first kappa shape index (κ1) is 15.2. The van der Waals surface area contributed by atoms with E-state index >= 15 is 0 Å². The molecule has 1 heterocycles. The lowest BCUT2D eigenvalue weighted by atomic mass is 10.3. The lowest BCUT2D eigenvalue weighted by Crippen LogP contribution is -2.23. The van der Waals surface area contributed by atoms with E-state index in [1.807, 2.05) is 30.3 Å². The minimum atomic E-state index is -3.45. The van der Waals surface area contributed by atoms with E-state index in [0.29, 0.717) is 17.3 Å². The maximum Gasteiger partial charge on any atom is 0.182 e. The predicted molar refractivity (Wildman–Crippen MR) is 86.4 cm³/mol. The van der Waals surface area contributed by atoms with Crippen molar-refractivity contribution >= 4 is 20.6 Å². The van der Waals surface area contributed by atoms with Crippen LogP contribution in [0.15, 0.2) is 59.5 Å². The molecular formula is C16H16O4S2. The molecule has 0 aliphatic carbocycles. The van der Waals surface area contributed by atoms with Crippen LogP contribution in [0.5, 0.6) is 11.5 Å². The maximum atomic E-state index is 12.5. The van der Waals surface area contributed by atoms with Crippen LogP contribution in [0.1, 0.15) is 6.92 Å². The van der Waals surface area contributed by atoms with Crippen molar-refractivity contribution in [2.24, 2.45) is 0 Å². The van der Waals surface area contributed by atoms with Gasteiger partial charge >= 0.3 is 0 Å². The molecule has 0 aromatic heterocycles. The monoisotopic (exact) mass is 336 g/mol. The van der Waals surface area contributed by atoms with Crippen LogP contribution in [0.2, 0.25) is 0 Å². The number of ether oxygens (including phenoxy) is 1. The van der Waals surface area contributed by atoms with Crippen molar-refractivity contribution in [2.75, 3.05) is 5.75 Å². The van der Waals surface area contributed by atoms with Gasteiger partial charge in [-0.3, -0.25) is 4.21 Å². The molecule has 0 spiro atoms. The van der Waals surface area contributed by atoms with Crippen molar-refractivity contribution in [2.45, 2.75) is 22.3 Å². The smallest absolute Gasteiger partial charge is 0.182 e. The molecule has 22 heavy (non-hydrogen) atoms. The summed E-state index contributed by atoms with van der Waals surface area (Å²) in [4.78, 5) is 0.240. The van der Waals surface area contributed by atoms with E-state index < -0.39 is 25.9 Å². The number of rotatable bonds is 5. The second kappa shape index (κ2) is 5.85. The molecule has 1 aliphatic heterocycles. The largest absolute Gasteiger partial charge is 0.457 e. The van der Waals surface area contributed by atoms with E-state index in [-0.39, 0.29) is 10.1 Å². The highest BCUT2D eigenvalue weighted by Crippen LogP contribution is 2.30. The fourth-order valence-electron chi connectivity index (χ4n) is 2.21. The SMILES string of the molecule is C[C@@H]([C@H]1CS1=O)S(=O)(=O)c1ccc(Oc2ccccc2)cc1. The van der Waals surface area contributed by atoms with Crippen molar-refractivity contribution in [3.05, 3.63) is 54.6 Å².